The van der Waals surface area contributed by atoms with E-state index in [4.69, 9.17) is 20.8 Å². The van der Waals surface area contributed by atoms with Gasteiger partial charge in [0.25, 0.3) is 0 Å². The van der Waals surface area contributed by atoms with Crippen molar-refractivity contribution in [3.63, 3.8) is 0 Å². The summed E-state index contributed by atoms with van der Waals surface area (Å²) in [5.41, 5.74) is 4.54. The summed E-state index contributed by atoms with van der Waals surface area (Å²) in [6.07, 6.45) is 0.508. The van der Waals surface area contributed by atoms with Crippen LogP contribution in [0.1, 0.15) is 22.3 Å². The maximum absolute atomic E-state index is 13.0. The Morgan fingerprint density at radius 3 is 2.62 bits per heavy atom. The summed E-state index contributed by atoms with van der Waals surface area (Å²) in [5.74, 6) is 0.571. The fourth-order valence-electron chi connectivity index (χ4n) is 4.11. The van der Waals surface area contributed by atoms with Crippen LogP contribution < -0.4 is 15.3 Å². The fourth-order valence-corrected chi connectivity index (χ4v) is 5.68. The van der Waals surface area contributed by atoms with Crippen LogP contribution in [0.3, 0.4) is 0 Å². The number of hydrogen-bond acceptors (Lipinski definition) is 4. The lowest BCUT2D eigenvalue weighted by molar-refractivity contribution is 0.289. The third kappa shape index (κ3) is 3.85. The molecule has 7 heteroatoms. The highest BCUT2D eigenvalue weighted by molar-refractivity contribution is 9.11. The van der Waals surface area contributed by atoms with Gasteiger partial charge in [-0.1, -0.05) is 57.9 Å². The van der Waals surface area contributed by atoms with Crippen LogP contribution >= 0.6 is 43.5 Å². The summed E-state index contributed by atoms with van der Waals surface area (Å²) in [7, 11) is 0. The maximum atomic E-state index is 13.0. The van der Waals surface area contributed by atoms with Gasteiger partial charge in [0.15, 0.2) is 6.73 Å². The highest BCUT2D eigenvalue weighted by Crippen LogP contribution is 2.42. The molecule has 0 spiro atoms. The van der Waals surface area contributed by atoms with Crippen molar-refractivity contribution in [3.8, 4) is 5.75 Å². The van der Waals surface area contributed by atoms with E-state index in [-0.39, 0.29) is 5.63 Å². The molecule has 5 rings (SSSR count). The first-order valence-corrected chi connectivity index (χ1v) is 12.0. The second-order valence-electron chi connectivity index (χ2n) is 7.77. The van der Waals surface area contributed by atoms with Gasteiger partial charge in [0.05, 0.1) is 22.8 Å². The van der Waals surface area contributed by atoms with Gasteiger partial charge in [-0.15, -0.1) is 0 Å². The summed E-state index contributed by atoms with van der Waals surface area (Å²) in [6.45, 7) is 2.80. The van der Waals surface area contributed by atoms with Gasteiger partial charge in [-0.3, -0.25) is 0 Å². The van der Waals surface area contributed by atoms with E-state index in [9.17, 15) is 4.79 Å². The Labute approximate surface area is 207 Å². The van der Waals surface area contributed by atoms with Crippen LogP contribution in [0.5, 0.6) is 5.75 Å². The van der Waals surface area contributed by atoms with Gasteiger partial charge in [0.1, 0.15) is 11.3 Å². The molecule has 1 aliphatic heterocycles. The number of ether oxygens (including phenoxy) is 1. The van der Waals surface area contributed by atoms with Crippen LogP contribution in [0.25, 0.3) is 11.0 Å². The Kier molecular flexibility index (Phi) is 5.78. The predicted molar refractivity (Wildman–Crippen MR) is 135 cm³/mol. The number of aryl methyl sites for hydroxylation is 1. The highest BCUT2D eigenvalue weighted by Gasteiger charge is 2.27. The molecule has 0 amide bonds. The Balaban J connectivity index is 1.62. The van der Waals surface area contributed by atoms with Crippen LogP contribution in [0.15, 0.2) is 72.8 Å². The molecule has 0 bridgehead atoms. The second-order valence-corrected chi connectivity index (χ2v) is 9.94. The zero-order chi connectivity index (χ0) is 22.4. The van der Waals surface area contributed by atoms with E-state index >= 15 is 0 Å². The average molecular weight is 576 g/mol. The highest BCUT2D eigenvalue weighted by atomic mass is 79.9. The fraction of sp³-hybridized carbons (Fsp3) is 0.160. The minimum atomic E-state index is -0.328. The molecule has 1 aromatic heterocycles. The first kappa shape index (κ1) is 21.6. The number of nitrogens with zero attached hydrogens (tertiary/aromatic N) is 1. The van der Waals surface area contributed by atoms with Gasteiger partial charge in [-0.2, -0.15) is 0 Å². The first-order valence-electron chi connectivity index (χ1n) is 10.1. The zero-order valence-electron chi connectivity index (χ0n) is 17.1. The van der Waals surface area contributed by atoms with Crippen molar-refractivity contribution in [2.75, 3.05) is 11.6 Å². The van der Waals surface area contributed by atoms with Gasteiger partial charge < -0.3 is 14.1 Å². The molecule has 0 fully saturated rings. The molecule has 3 aromatic carbocycles. The quantitative estimate of drug-likeness (QED) is 0.242. The van der Waals surface area contributed by atoms with E-state index in [0.717, 1.165) is 36.7 Å². The lowest BCUT2D eigenvalue weighted by Crippen LogP contribution is -2.32. The lowest BCUT2D eigenvalue weighted by atomic mass is 9.97. The molecule has 0 saturated heterocycles. The molecule has 162 valence electrons. The molecule has 0 aliphatic carbocycles. The summed E-state index contributed by atoms with van der Waals surface area (Å²) in [6, 6.07) is 17.7. The van der Waals surface area contributed by atoms with Crippen molar-refractivity contribution in [2.45, 2.75) is 19.9 Å². The summed E-state index contributed by atoms with van der Waals surface area (Å²) in [4.78, 5) is 15.1. The topological polar surface area (TPSA) is 42.7 Å². The monoisotopic (exact) mass is 573 g/mol. The molecule has 2 heterocycles. The van der Waals surface area contributed by atoms with Crippen LogP contribution in [0, 0.1) is 6.92 Å². The van der Waals surface area contributed by atoms with Gasteiger partial charge in [-0.05, 0) is 58.2 Å². The predicted octanol–water partition coefficient (Wildman–Crippen LogP) is 7.23. The smallest absolute Gasteiger partial charge is 0.340 e. The normalized spacial score (nSPS) is 13.2. The minimum Gasteiger partial charge on any atom is -0.471 e. The van der Waals surface area contributed by atoms with E-state index < -0.39 is 0 Å². The SMILES string of the molecule is Cc1c(Cc2ccccc2)c(=O)oc2c3c(c(Cl)cc12)OCN(c1ccc(Br)cc1Br)C3. The standard InChI is InChI=1S/C25H18Br2ClNO3/c1-14-17-11-21(28)24-19(12-29(13-31-24)22-8-7-16(26)10-20(22)27)23(17)32-25(30)18(14)9-15-5-3-2-4-6-15/h2-8,10-11H,9,12-13H2,1H3. The number of rotatable bonds is 3. The van der Waals surface area contributed by atoms with Crippen LogP contribution in [0.2, 0.25) is 5.02 Å². The number of fused-ring (bicyclic) bond motifs is 3. The Morgan fingerprint density at radius 1 is 1.09 bits per heavy atom. The maximum Gasteiger partial charge on any atom is 0.340 e. The molecule has 4 aromatic rings. The molecule has 1 aliphatic rings. The van der Waals surface area contributed by atoms with Gasteiger partial charge >= 0.3 is 5.63 Å². The molecule has 32 heavy (non-hydrogen) atoms. The Bertz CT molecular complexity index is 1400. The third-order valence-corrected chi connectivity index (χ3v) is 7.18. The summed E-state index contributed by atoms with van der Waals surface area (Å²) < 4.78 is 13.8. The van der Waals surface area contributed by atoms with Crippen molar-refractivity contribution in [1.82, 2.24) is 0 Å². The largest absolute Gasteiger partial charge is 0.471 e. The van der Waals surface area contributed by atoms with Crippen molar-refractivity contribution >= 4 is 60.1 Å². The number of benzene rings is 3. The minimum absolute atomic E-state index is 0.328. The van der Waals surface area contributed by atoms with Crippen molar-refractivity contribution in [1.29, 1.82) is 0 Å². The average Bonchev–Trinajstić information content (AvgIpc) is 2.78. The van der Waals surface area contributed by atoms with Crippen LogP contribution in [-0.2, 0) is 13.0 Å². The van der Waals surface area contributed by atoms with E-state index in [2.05, 4.69) is 36.8 Å². The molecular weight excluding hydrogens is 558 g/mol. The molecule has 0 atom stereocenters. The number of halogens is 3. The van der Waals surface area contributed by atoms with Gasteiger partial charge in [0, 0.05) is 26.3 Å². The van der Waals surface area contributed by atoms with E-state index in [0.29, 0.717) is 41.6 Å². The summed E-state index contributed by atoms with van der Waals surface area (Å²) in [5, 5.41) is 1.35. The van der Waals surface area contributed by atoms with Crippen LogP contribution in [0.4, 0.5) is 5.69 Å². The number of anilines is 1. The molecule has 4 nitrogen and oxygen atoms in total. The molecule has 0 unspecified atom stereocenters. The summed E-state index contributed by atoms with van der Waals surface area (Å²) >= 11 is 13.7. The zero-order valence-corrected chi connectivity index (χ0v) is 21.1. The van der Waals surface area contributed by atoms with Crippen molar-refractivity contribution < 1.29 is 9.15 Å². The van der Waals surface area contributed by atoms with E-state index in [1.54, 1.807) is 0 Å². The van der Waals surface area contributed by atoms with E-state index in [1.807, 2.05) is 61.5 Å². The Hall–Kier alpha value is -2.28. The first-order chi connectivity index (χ1) is 15.4. The van der Waals surface area contributed by atoms with Crippen molar-refractivity contribution in [3.05, 3.63) is 101 Å². The Morgan fingerprint density at radius 2 is 1.88 bits per heavy atom. The van der Waals surface area contributed by atoms with Crippen LogP contribution in [-0.4, -0.2) is 6.73 Å². The molecule has 0 radical (unpaired) electrons. The second kappa shape index (κ2) is 8.58. The third-order valence-electron chi connectivity index (χ3n) is 5.77. The van der Waals surface area contributed by atoms with Crippen molar-refractivity contribution in [2.24, 2.45) is 0 Å². The molecule has 0 N–H and O–H groups in total. The van der Waals surface area contributed by atoms with Gasteiger partial charge in [0.2, 0.25) is 0 Å². The lowest BCUT2D eigenvalue weighted by Gasteiger charge is -2.32. The number of hydrogen-bond donors (Lipinski definition) is 0. The molecular formula is C25H18Br2ClNO3. The van der Waals surface area contributed by atoms with Gasteiger partial charge in [-0.25, -0.2) is 4.79 Å². The molecule has 0 saturated carbocycles. The van der Waals surface area contributed by atoms with E-state index in [1.165, 1.54) is 0 Å².